The number of nitrogens with zero attached hydrogens (tertiary/aromatic N) is 3. The molecule has 11 rings (SSSR count). The topological polar surface area (TPSA) is 14.8 Å². The summed E-state index contributed by atoms with van der Waals surface area (Å²) >= 11 is 0. The van der Waals surface area contributed by atoms with Gasteiger partial charge in [0.2, 0.25) is 0 Å². The van der Waals surface area contributed by atoms with Crippen LogP contribution in [0.4, 0.5) is 0 Å². The Morgan fingerprint density at radius 1 is 0.264 bits per heavy atom. The van der Waals surface area contributed by atoms with Gasteiger partial charge in [-0.15, -0.1) is 0 Å². The lowest BCUT2D eigenvalue weighted by atomic mass is 10.0. The standard InChI is InChI=1S/C50H33N3/c1-3-12-34(13-4-1)36-22-25-38(26-23-36)51-31-30-44-46(51)29-27-43-41-18-7-10-21-48(41)53(50(43)44)40-17-11-16-39(33-40)52-47-20-9-8-19-42(47)45-32-37(24-28-49(45)52)35-14-5-2-6-15-35/h1-33H. The van der Waals surface area contributed by atoms with Gasteiger partial charge >= 0.3 is 0 Å². The highest BCUT2D eigenvalue weighted by Crippen LogP contribution is 2.40. The van der Waals surface area contributed by atoms with E-state index in [1.165, 1.54) is 76.8 Å². The molecule has 3 aromatic heterocycles. The molecule has 11 aromatic rings. The van der Waals surface area contributed by atoms with Crippen LogP contribution in [0, 0.1) is 0 Å². The van der Waals surface area contributed by atoms with E-state index in [0.29, 0.717) is 0 Å². The van der Waals surface area contributed by atoms with E-state index in [1.807, 2.05) is 0 Å². The predicted octanol–water partition coefficient (Wildman–Crippen LogP) is 13.2. The molecule has 0 aliphatic rings. The van der Waals surface area contributed by atoms with Crippen LogP contribution < -0.4 is 0 Å². The summed E-state index contributed by atoms with van der Waals surface area (Å²) in [7, 11) is 0. The van der Waals surface area contributed by atoms with E-state index in [4.69, 9.17) is 0 Å². The Labute approximate surface area is 306 Å². The van der Waals surface area contributed by atoms with Crippen molar-refractivity contribution in [3.63, 3.8) is 0 Å². The number of hydrogen-bond acceptors (Lipinski definition) is 0. The van der Waals surface area contributed by atoms with Gasteiger partial charge in [-0.1, -0.05) is 127 Å². The smallest absolute Gasteiger partial charge is 0.0635 e. The molecular formula is C50H33N3. The summed E-state index contributed by atoms with van der Waals surface area (Å²) in [5, 5.41) is 6.23. The van der Waals surface area contributed by atoms with Crippen molar-refractivity contribution < 1.29 is 0 Å². The zero-order valence-electron chi connectivity index (χ0n) is 28.9. The summed E-state index contributed by atoms with van der Waals surface area (Å²) in [4.78, 5) is 0. The van der Waals surface area contributed by atoms with Crippen molar-refractivity contribution in [3.05, 3.63) is 200 Å². The van der Waals surface area contributed by atoms with Gasteiger partial charge in [-0.2, -0.15) is 0 Å². The Morgan fingerprint density at radius 2 is 0.811 bits per heavy atom. The van der Waals surface area contributed by atoms with Gasteiger partial charge in [0.25, 0.3) is 0 Å². The first-order valence-electron chi connectivity index (χ1n) is 18.2. The molecule has 0 aliphatic carbocycles. The lowest BCUT2D eigenvalue weighted by Gasteiger charge is -2.13. The van der Waals surface area contributed by atoms with E-state index >= 15 is 0 Å². The largest absolute Gasteiger partial charge is 0.316 e. The normalized spacial score (nSPS) is 11.8. The third-order valence-electron chi connectivity index (χ3n) is 10.9. The lowest BCUT2D eigenvalue weighted by molar-refractivity contribution is 1.13. The molecule has 0 fully saturated rings. The van der Waals surface area contributed by atoms with Crippen molar-refractivity contribution in [2.45, 2.75) is 0 Å². The van der Waals surface area contributed by atoms with Gasteiger partial charge in [-0.25, -0.2) is 0 Å². The SMILES string of the molecule is c1ccc(-c2ccc(-n3ccc4c3ccc3c5ccccc5n(-c5cccc(-n6c7ccccc7c7cc(-c8ccccc8)ccc76)c5)c34)cc2)cc1. The number of fused-ring (bicyclic) bond motifs is 8. The minimum Gasteiger partial charge on any atom is -0.316 e. The van der Waals surface area contributed by atoms with Gasteiger partial charge in [0.05, 0.1) is 27.6 Å². The Bertz CT molecular complexity index is 3140. The van der Waals surface area contributed by atoms with Crippen molar-refractivity contribution in [3.8, 4) is 39.3 Å². The highest BCUT2D eigenvalue weighted by molar-refractivity contribution is 6.18. The van der Waals surface area contributed by atoms with Crippen molar-refractivity contribution in [2.75, 3.05) is 0 Å². The fraction of sp³-hybridized carbons (Fsp3) is 0. The monoisotopic (exact) mass is 675 g/mol. The molecule has 0 amide bonds. The van der Waals surface area contributed by atoms with Gasteiger partial charge < -0.3 is 13.7 Å². The Morgan fingerprint density at radius 3 is 1.55 bits per heavy atom. The Hall–Kier alpha value is -7.10. The number of aromatic nitrogens is 3. The van der Waals surface area contributed by atoms with E-state index in [2.05, 4.69) is 214 Å². The molecule has 0 unspecified atom stereocenters. The summed E-state index contributed by atoms with van der Waals surface area (Å²) < 4.78 is 7.19. The third-order valence-corrected chi connectivity index (χ3v) is 10.9. The van der Waals surface area contributed by atoms with Crippen molar-refractivity contribution >= 4 is 54.5 Å². The zero-order chi connectivity index (χ0) is 34.9. The van der Waals surface area contributed by atoms with Crippen LogP contribution >= 0.6 is 0 Å². The minimum absolute atomic E-state index is 1.13. The molecule has 0 bridgehead atoms. The van der Waals surface area contributed by atoms with Gasteiger partial charge in [0, 0.05) is 50.2 Å². The molecule has 0 saturated carbocycles. The average Bonchev–Trinajstić information content (AvgIpc) is 3.92. The molecule has 0 radical (unpaired) electrons. The second-order valence-electron chi connectivity index (χ2n) is 13.8. The third kappa shape index (κ3) is 4.61. The maximum Gasteiger partial charge on any atom is 0.0635 e. The van der Waals surface area contributed by atoms with Crippen molar-refractivity contribution in [1.29, 1.82) is 0 Å². The molecule has 3 nitrogen and oxygen atoms in total. The second-order valence-corrected chi connectivity index (χ2v) is 13.8. The minimum atomic E-state index is 1.13. The summed E-state index contributed by atoms with van der Waals surface area (Å²) in [5.41, 5.74) is 14.3. The zero-order valence-corrected chi connectivity index (χ0v) is 28.9. The molecule has 0 spiro atoms. The summed E-state index contributed by atoms with van der Waals surface area (Å²) in [6.45, 7) is 0. The summed E-state index contributed by atoms with van der Waals surface area (Å²) in [6.07, 6.45) is 2.21. The van der Waals surface area contributed by atoms with E-state index < -0.39 is 0 Å². The molecular weight excluding hydrogens is 643 g/mol. The Kier molecular flexibility index (Phi) is 6.55. The molecule has 0 saturated heterocycles. The van der Waals surface area contributed by atoms with E-state index in [9.17, 15) is 0 Å². The maximum absolute atomic E-state index is 2.46. The quantitative estimate of drug-likeness (QED) is 0.172. The summed E-state index contributed by atoms with van der Waals surface area (Å²) in [6, 6.07) is 70.4. The van der Waals surface area contributed by atoms with E-state index in [1.54, 1.807) is 0 Å². The highest BCUT2D eigenvalue weighted by atomic mass is 15.0. The van der Waals surface area contributed by atoms with E-state index in [0.717, 1.165) is 17.1 Å². The van der Waals surface area contributed by atoms with Crippen LogP contribution in [0.1, 0.15) is 0 Å². The predicted molar refractivity (Wildman–Crippen MR) is 223 cm³/mol. The van der Waals surface area contributed by atoms with Gasteiger partial charge in [-0.3, -0.25) is 0 Å². The summed E-state index contributed by atoms with van der Waals surface area (Å²) in [5.74, 6) is 0. The molecule has 248 valence electrons. The first kappa shape index (κ1) is 29.6. The molecule has 0 N–H and O–H groups in total. The van der Waals surface area contributed by atoms with Gasteiger partial charge in [0.1, 0.15) is 0 Å². The van der Waals surface area contributed by atoms with Crippen LogP contribution in [0.5, 0.6) is 0 Å². The van der Waals surface area contributed by atoms with Gasteiger partial charge in [0.15, 0.2) is 0 Å². The first-order valence-corrected chi connectivity index (χ1v) is 18.2. The molecule has 53 heavy (non-hydrogen) atoms. The number of benzene rings is 8. The van der Waals surface area contributed by atoms with Crippen LogP contribution in [-0.2, 0) is 0 Å². The van der Waals surface area contributed by atoms with E-state index in [-0.39, 0.29) is 0 Å². The fourth-order valence-corrected chi connectivity index (χ4v) is 8.45. The number of rotatable bonds is 5. The van der Waals surface area contributed by atoms with Crippen LogP contribution in [-0.4, -0.2) is 13.7 Å². The van der Waals surface area contributed by atoms with Crippen LogP contribution in [0.2, 0.25) is 0 Å². The van der Waals surface area contributed by atoms with Crippen LogP contribution in [0.25, 0.3) is 93.8 Å². The van der Waals surface area contributed by atoms with Gasteiger partial charge in [-0.05, 0) is 89.0 Å². The lowest BCUT2D eigenvalue weighted by Crippen LogP contribution is -1.99. The molecule has 3 heterocycles. The van der Waals surface area contributed by atoms with Crippen molar-refractivity contribution in [2.24, 2.45) is 0 Å². The van der Waals surface area contributed by atoms with Crippen LogP contribution in [0.3, 0.4) is 0 Å². The Balaban J connectivity index is 1.10. The van der Waals surface area contributed by atoms with Crippen molar-refractivity contribution in [1.82, 2.24) is 13.7 Å². The maximum atomic E-state index is 2.46. The molecule has 8 aromatic carbocycles. The number of hydrogen-bond donors (Lipinski definition) is 0. The molecule has 0 atom stereocenters. The first-order chi connectivity index (χ1) is 26.3. The highest BCUT2D eigenvalue weighted by Gasteiger charge is 2.19. The van der Waals surface area contributed by atoms with Crippen LogP contribution in [0.15, 0.2) is 200 Å². The fourth-order valence-electron chi connectivity index (χ4n) is 8.45. The molecule has 0 aliphatic heterocycles. The second kappa shape index (κ2) is 11.7. The molecule has 3 heteroatoms. The number of para-hydroxylation sites is 2. The average molecular weight is 676 g/mol.